The van der Waals surface area contributed by atoms with E-state index in [1.54, 1.807) is 0 Å². The first-order chi connectivity index (χ1) is 13.6. The van der Waals surface area contributed by atoms with E-state index in [9.17, 15) is 5.11 Å². The molecule has 0 amide bonds. The maximum atomic E-state index is 10.7. The molecule has 0 fully saturated rings. The average Bonchev–Trinajstić information content (AvgIpc) is 2.66. The minimum absolute atomic E-state index is 0.0642. The van der Waals surface area contributed by atoms with Crippen molar-refractivity contribution in [1.82, 2.24) is 0 Å². The second-order valence-electron chi connectivity index (χ2n) is 10.5. The molecule has 3 aliphatic rings. The molecular formula is C27H27NO. The Labute approximate surface area is 172 Å². The summed E-state index contributed by atoms with van der Waals surface area (Å²) in [6, 6.07) is 17.5. The fraction of sp³-hybridized carbons (Fsp3) is 0.333. The van der Waals surface area contributed by atoms with Crippen LogP contribution in [0, 0.1) is 0 Å². The summed E-state index contributed by atoms with van der Waals surface area (Å²) in [5.41, 5.74) is 11.4. The molecule has 2 nitrogen and oxygen atoms in total. The molecule has 0 atom stereocenters. The SMILES string of the molecule is CC1(C)c2cccc3c2N2c4c1cccc4C(C)(C)c1cc(O)cc(c12)C3(C)C. The van der Waals surface area contributed by atoms with E-state index in [0.29, 0.717) is 5.75 Å². The van der Waals surface area contributed by atoms with E-state index in [0.717, 1.165) is 0 Å². The molecule has 0 radical (unpaired) electrons. The van der Waals surface area contributed by atoms with Crippen molar-refractivity contribution in [1.29, 1.82) is 0 Å². The summed E-state index contributed by atoms with van der Waals surface area (Å²) in [6.45, 7) is 13.9. The number of benzene rings is 3. The predicted molar refractivity (Wildman–Crippen MR) is 119 cm³/mol. The van der Waals surface area contributed by atoms with Crippen molar-refractivity contribution in [2.24, 2.45) is 0 Å². The lowest BCUT2D eigenvalue weighted by Gasteiger charge is -2.54. The Balaban J connectivity index is 1.90. The number of nitrogens with zero attached hydrogens (tertiary/aromatic N) is 1. The number of hydrogen-bond acceptors (Lipinski definition) is 2. The van der Waals surface area contributed by atoms with E-state index in [4.69, 9.17) is 0 Å². The number of hydrogen-bond donors (Lipinski definition) is 1. The van der Waals surface area contributed by atoms with Gasteiger partial charge in [0.15, 0.2) is 0 Å². The van der Waals surface area contributed by atoms with Gasteiger partial charge >= 0.3 is 0 Å². The van der Waals surface area contributed by atoms with Crippen molar-refractivity contribution < 1.29 is 5.11 Å². The van der Waals surface area contributed by atoms with E-state index < -0.39 is 0 Å². The Bertz CT molecular complexity index is 1150. The van der Waals surface area contributed by atoms with Gasteiger partial charge < -0.3 is 10.0 Å². The van der Waals surface area contributed by atoms with Crippen LogP contribution in [-0.2, 0) is 16.2 Å². The lowest BCUT2D eigenvalue weighted by Crippen LogP contribution is -2.43. The van der Waals surface area contributed by atoms with E-state index in [2.05, 4.69) is 82.8 Å². The molecule has 0 spiro atoms. The van der Waals surface area contributed by atoms with Gasteiger partial charge in [0.05, 0.1) is 17.1 Å². The van der Waals surface area contributed by atoms with Crippen LogP contribution < -0.4 is 4.90 Å². The first-order valence-electron chi connectivity index (χ1n) is 10.5. The molecule has 0 saturated heterocycles. The zero-order valence-corrected chi connectivity index (χ0v) is 18.0. The van der Waals surface area contributed by atoms with Crippen LogP contribution in [0.3, 0.4) is 0 Å². The van der Waals surface area contributed by atoms with Crippen LogP contribution in [0.25, 0.3) is 0 Å². The Morgan fingerprint density at radius 3 is 1.24 bits per heavy atom. The zero-order valence-electron chi connectivity index (χ0n) is 18.0. The number of aromatic hydroxyl groups is 1. The largest absolute Gasteiger partial charge is 0.508 e. The molecule has 0 saturated carbocycles. The first kappa shape index (κ1) is 17.1. The highest BCUT2D eigenvalue weighted by molar-refractivity contribution is 5.98. The quantitative estimate of drug-likeness (QED) is 0.464. The van der Waals surface area contributed by atoms with Gasteiger partial charge in [0.25, 0.3) is 0 Å². The molecule has 29 heavy (non-hydrogen) atoms. The van der Waals surface area contributed by atoms with Crippen molar-refractivity contribution in [2.75, 3.05) is 4.90 Å². The Hall–Kier alpha value is -2.74. The van der Waals surface area contributed by atoms with Gasteiger partial charge in [-0.1, -0.05) is 77.9 Å². The Morgan fingerprint density at radius 2 is 0.862 bits per heavy atom. The summed E-state index contributed by atoms with van der Waals surface area (Å²) in [4.78, 5) is 2.52. The van der Waals surface area contributed by atoms with E-state index in [1.165, 1.54) is 50.4 Å². The highest BCUT2D eigenvalue weighted by atomic mass is 16.3. The first-order valence-corrected chi connectivity index (χ1v) is 10.5. The maximum Gasteiger partial charge on any atom is 0.116 e. The second kappa shape index (κ2) is 4.70. The number of phenolic OH excluding ortho intramolecular Hbond substituents is 1. The lowest BCUT2D eigenvalue weighted by molar-refractivity contribution is 0.467. The molecule has 3 heterocycles. The summed E-state index contributed by atoms with van der Waals surface area (Å²) < 4.78 is 0. The molecular weight excluding hydrogens is 354 g/mol. The lowest BCUT2D eigenvalue weighted by atomic mass is 9.61. The topological polar surface area (TPSA) is 23.5 Å². The number of rotatable bonds is 0. The van der Waals surface area contributed by atoms with Gasteiger partial charge in [-0.05, 0) is 45.5 Å². The third kappa shape index (κ3) is 1.72. The fourth-order valence-corrected chi connectivity index (χ4v) is 6.17. The van der Waals surface area contributed by atoms with Crippen LogP contribution in [0.2, 0.25) is 0 Å². The highest BCUT2D eigenvalue weighted by Gasteiger charge is 2.51. The molecule has 3 aromatic rings. The molecule has 0 aromatic heterocycles. The molecule has 6 rings (SSSR count). The van der Waals surface area contributed by atoms with Crippen molar-refractivity contribution >= 4 is 17.1 Å². The molecule has 0 unspecified atom stereocenters. The van der Waals surface area contributed by atoms with Crippen molar-refractivity contribution in [3.8, 4) is 5.75 Å². The second-order valence-corrected chi connectivity index (χ2v) is 10.5. The van der Waals surface area contributed by atoms with Gasteiger partial charge in [-0.2, -0.15) is 0 Å². The van der Waals surface area contributed by atoms with E-state index in [1.807, 2.05) is 12.1 Å². The standard InChI is InChI=1S/C27H27NO/c1-25(2)16-9-7-11-18-22(16)28-23-17(25)10-8-12-19(23)27(5,6)21-14-15(29)13-20(24(21)28)26(18,3)4/h7-14,29H,1-6H3. The van der Waals surface area contributed by atoms with Gasteiger partial charge in [0, 0.05) is 16.2 Å². The summed E-state index contributed by atoms with van der Waals surface area (Å²) in [5, 5.41) is 10.7. The molecule has 2 heteroatoms. The third-order valence-electron chi connectivity index (χ3n) is 7.88. The minimum atomic E-state index is -0.180. The highest BCUT2D eigenvalue weighted by Crippen LogP contribution is 2.66. The molecule has 0 bridgehead atoms. The summed E-state index contributed by atoms with van der Waals surface area (Å²) in [6.07, 6.45) is 0. The smallest absolute Gasteiger partial charge is 0.116 e. The molecule has 3 aromatic carbocycles. The van der Waals surface area contributed by atoms with Gasteiger partial charge in [-0.3, -0.25) is 0 Å². The van der Waals surface area contributed by atoms with Crippen molar-refractivity contribution in [3.05, 3.63) is 81.9 Å². The normalized spacial score (nSPS) is 20.3. The van der Waals surface area contributed by atoms with Gasteiger partial charge in [-0.15, -0.1) is 0 Å². The van der Waals surface area contributed by atoms with Crippen LogP contribution in [0.4, 0.5) is 17.1 Å². The number of para-hydroxylation sites is 2. The van der Waals surface area contributed by atoms with Gasteiger partial charge in [0.1, 0.15) is 5.75 Å². The molecule has 0 aliphatic carbocycles. The van der Waals surface area contributed by atoms with Crippen LogP contribution in [-0.4, -0.2) is 5.11 Å². The average molecular weight is 382 g/mol. The van der Waals surface area contributed by atoms with Crippen LogP contribution >= 0.6 is 0 Å². The predicted octanol–water partition coefficient (Wildman–Crippen LogP) is 6.78. The van der Waals surface area contributed by atoms with Gasteiger partial charge in [0.2, 0.25) is 0 Å². The van der Waals surface area contributed by atoms with Gasteiger partial charge in [-0.25, -0.2) is 0 Å². The van der Waals surface area contributed by atoms with Crippen molar-refractivity contribution in [2.45, 2.75) is 57.8 Å². The number of phenols is 1. The monoisotopic (exact) mass is 381 g/mol. The maximum absolute atomic E-state index is 10.7. The molecule has 3 aliphatic heterocycles. The zero-order chi connectivity index (χ0) is 20.5. The Kier molecular flexibility index (Phi) is 2.78. The fourth-order valence-electron chi connectivity index (χ4n) is 6.17. The molecule has 146 valence electrons. The van der Waals surface area contributed by atoms with Crippen LogP contribution in [0.5, 0.6) is 5.75 Å². The third-order valence-corrected chi connectivity index (χ3v) is 7.88. The minimum Gasteiger partial charge on any atom is -0.508 e. The van der Waals surface area contributed by atoms with E-state index in [-0.39, 0.29) is 16.2 Å². The van der Waals surface area contributed by atoms with Crippen LogP contribution in [0.1, 0.15) is 74.9 Å². The Morgan fingerprint density at radius 1 is 0.552 bits per heavy atom. The summed E-state index contributed by atoms with van der Waals surface area (Å²) >= 11 is 0. The summed E-state index contributed by atoms with van der Waals surface area (Å²) in [7, 11) is 0. The van der Waals surface area contributed by atoms with E-state index >= 15 is 0 Å². The summed E-state index contributed by atoms with van der Waals surface area (Å²) in [5.74, 6) is 0.358. The number of anilines is 3. The van der Waals surface area contributed by atoms with Crippen molar-refractivity contribution in [3.63, 3.8) is 0 Å². The van der Waals surface area contributed by atoms with Crippen LogP contribution in [0.15, 0.2) is 48.5 Å². The molecule has 1 N–H and O–H groups in total.